The topological polar surface area (TPSA) is 39.9 Å². The predicted octanol–water partition coefficient (Wildman–Crippen LogP) is 7.43. The molecule has 2 aromatic carbocycles. The summed E-state index contributed by atoms with van der Waals surface area (Å²) in [7, 11) is 0. The van der Waals surface area contributed by atoms with E-state index in [2.05, 4.69) is 94.8 Å². The van der Waals surface area contributed by atoms with Gasteiger partial charge in [-0.25, -0.2) is 9.97 Å². The molecule has 154 valence electrons. The molecule has 31 heavy (non-hydrogen) atoms. The second-order valence-corrected chi connectivity index (χ2v) is 9.51. The maximum Gasteiger partial charge on any atom is 0.220 e. The van der Waals surface area contributed by atoms with Crippen LogP contribution in [-0.2, 0) is 5.41 Å². The van der Waals surface area contributed by atoms with Crippen LogP contribution in [0.4, 0.5) is 0 Å². The van der Waals surface area contributed by atoms with Crippen molar-refractivity contribution in [2.75, 3.05) is 0 Å². The van der Waals surface area contributed by atoms with Gasteiger partial charge >= 0.3 is 0 Å². The Bertz CT molecular complexity index is 1420. The van der Waals surface area contributed by atoms with Crippen LogP contribution in [0.15, 0.2) is 83.6 Å². The van der Waals surface area contributed by atoms with Gasteiger partial charge in [-0.1, -0.05) is 54.9 Å². The van der Waals surface area contributed by atoms with Gasteiger partial charge in [0.2, 0.25) is 5.88 Å². The van der Waals surface area contributed by atoms with Crippen LogP contribution in [0.25, 0.3) is 27.6 Å². The fourth-order valence-electron chi connectivity index (χ4n) is 3.83. The molecule has 0 atom stereocenters. The molecular weight excluding hydrogens is 450 g/mol. The molecule has 0 N–H and O–H groups in total. The van der Waals surface area contributed by atoms with Gasteiger partial charge in [-0.15, -0.1) is 0 Å². The molecule has 0 aliphatic carbocycles. The van der Waals surface area contributed by atoms with Gasteiger partial charge in [0.15, 0.2) is 0 Å². The lowest BCUT2D eigenvalue weighted by Crippen LogP contribution is -2.12. The predicted molar refractivity (Wildman–Crippen MR) is 129 cm³/mol. The van der Waals surface area contributed by atoms with Crippen molar-refractivity contribution in [3.05, 3.63) is 89.2 Å². The smallest absolute Gasteiger partial charge is 0.220 e. The number of ether oxygens (including phenoxy) is 1. The molecule has 0 fully saturated rings. The number of para-hydroxylation sites is 1. The Hall–Kier alpha value is -3.18. The number of halogens is 1. The van der Waals surface area contributed by atoms with Crippen LogP contribution in [0.2, 0.25) is 0 Å². The Balaban J connectivity index is 1.72. The molecule has 0 saturated heterocycles. The van der Waals surface area contributed by atoms with E-state index in [1.165, 1.54) is 10.9 Å². The summed E-state index contributed by atoms with van der Waals surface area (Å²) >= 11 is 3.47. The Morgan fingerprint density at radius 3 is 2.39 bits per heavy atom. The molecule has 3 aromatic heterocycles. The van der Waals surface area contributed by atoms with Crippen molar-refractivity contribution >= 4 is 37.7 Å². The van der Waals surface area contributed by atoms with Crippen molar-refractivity contribution in [3.63, 3.8) is 0 Å². The Labute approximate surface area is 189 Å². The summed E-state index contributed by atoms with van der Waals surface area (Å²) in [6.45, 7) is 6.65. The highest BCUT2D eigenvalue weighted by atomic mass is 79.9. The summed E-state index contributed by atoms with van der Waals surface area (Å²) in [6, 6.07) is 22.6. The maximum atomic E-state index is 6.06. The van der Waals surface area contributed by atoms with E-state index in [-0.39, 0.29) is 5.41 Å². The zero-order valence-electron chi connectivity index (χ0n) is 17.6. The first-order valence-corrected chi connectivity index (χ1v) is 11.0. The van der Waals surface area contributed by atoms with Crippen LogP contribution >= 0.6 is 15.9 Å². The third kappa shape index (κ3) is 3.70. The molecule has 0 unspecified atom stereocenters. The molecule has 3 heterocycles. The molecule has 5 rings (SSSR count). The zero-order valence-corrected chi connectivity index (χ0v) is 19.2. The van der Waals surface area contributed by atoms with Gasteiger partial charge in [-0.3, -0.25) is 4.57 Å². The van der Waals surface area contributed by atoms with E-state index < -0.39 is 0 Å². The first-order chi connectivity index (χ1) is 14.9. The standard InChI is InChI=1S/C26H22BrN3O/c1-26(2,3)17-10-12-28-24(14-17)30-22-7-5-4-6-20(22)21-9-8-19(16-23(21)30)31-25-15-18(27)11-13-29-25/h4-16H,1-3H3. The Morgan fingerprint density at radius 1 is 0.806 bits per heavy atom. The van der Waals surface area contributed by atoms with E-state index in [1.807, 2.05) is 24.4 Å². The number of hydrogen-bond donors (Lipinski definition) is 0. The number of pyridine rings is 2. The fraction of sp³-hybridized carbons (Fsp3) is 0.154. The average molecular weight is 472 g/mol. The van der Waals surface area contributed by atoms with Crippen molar-refractivity contribution in [3.8, 4) is 17.4 Å². The van der Waals surface area contributed by atoms with Crippen LogP contribution in [-0.4, -0.2) is 14.5 Å². The van der Waals surface area contributed by atoms with Crippen molar-refractivity contribution in [1.82, 2.24) is 14.5 Å². The number of rotatable bonds is 3. The SMILES string of the molecule is CC(C)(C)c1ccnc(-n2c3ccccc3c3ccc(Oc4cc(Br)ccn4)cc32)c1. The molecule has 5 aromatic rings. The normalized spacial score (nSPS) is 11.9. The molecule has 0 amide bonds. The minimum Gasteiger partial charge on any atom is -0.439 e. The fourth-order valence-corrected chi connectivity index (χ4v) is 4.14. The summed E-state index contributed by atoms with van der Waals surface area (Å²) in [6.07, 6.45) is 3.61. The van der Waals surface area contributed by atoms with E-state index in [0.717, 1.165) is 32.5 Å². The molecule has 0 saturated carbocycles. The largest absolute Gasteiger partial charge is 0.439 e. The van der Waals surface area contributed by atoms with E-state index in [1.54, 1.807) is 6.20 Å². The van der Waals surface area contributed by atoms with E-state index in [9.17, 15) is 0 Å². The molecule has 0 aliphatic heterocycles. The van der Waals surface area contributed by atoms with Gasteiger partial charge in [-0.2, -0.15) is 0 Å². The second-order valence-electron chi connectivity index (χ2n) is 8.60. The lowest BCUT2D eigenvalue weighted by atomic mass is 9.88. The highest BCUT2D eigenvalue weighted by Crippen LogP contribution is 2.35. The van der Waals surface area contributed by atoms with Crippen LogP contribution in [0.5, 0.6) is 11.6 Å². The highest BCUT2D eigenvalue weighted by Gasteiger charge is 2.18. The molecule has 4 nitrogen and oxygen atoms in total. The highest BCUT2D eigenvalue weighted by molar-refractivity contribution is 9.10. The quantitative estimate of drug-likeness (QED) is 0.274. The molecular formula is C26H22BrN3O. The minimum atomic E-state index is 0.0388. The second kappa shape index (κ2) is 7.50. The number of fused-ring (bicyclic) bond motifs is 3. The molecule has 5 heteroatoms. The summed E-state index contributed by atoms with van der Waals surface area (Å²) in [5.41, 5.74) is 3.45. The van der Waals surface area contributed by atoms with Gasteiger partial charge < -0.3 is 4.74 Å². The molecule has 0 aliphatic rings. The third-order valence-electron chi connectivity index (χ3n) is 5.41. The number of aromatic nitrogens is 3. The van der Waals surface area contributed by atoms with Gasteiger partial charge in [0.05, 0.1) is 11.0 Å². The van der Waals surface area contributed by atoms with Crippen molar-refractivity contribution in [2.24, 2.45) is 0 Å². The van der Waals surface area contributed by atoms with E-state index in [4.69, 9.17) is 9.72 Å². The van der Waals surface area contributed by atoms with Crippen LogP contribution < -0.4 is 4.74 Å². The van der Waals surface area contributed by atoms with E-state index >= 15 is 0 Å². The first kappa shape index (κ1) is 19.8. The number of nitrogens with zero attached hydrogens (tertiary/aromatic N) is 3. The van der Waals surface area contributed by atoms with Crippen molar-refractivity contribution < 1.29 is 4.74 Å². The van der Waals surface area contributed by atoms with Gasteiger partial charge in [-0.05, 0) is 47.4 Å². The summed E-state index contributed by atoms with van der Waals surface area (Å²) in [5, 5.41) is 2.35. The molecule has 0 bridgehead atoms. The van der Waals surface area contributed by atoms with Crippen LogP contribution in [0, 0.1) is 0 Å². The Kier molecular flexibility index (Phi) is 4.78. The zero-order chi connectivity index (χ0) is 21.6. The lowest BCUT2D eigenvalue weighted by Gasteiger charge is -2.20. The first-order valence-electron chi connectivity index (χ1n) is 10.2. The van der Waals surface area contributed by atoms with Crippen LogP contribution in [0.3, 0.4) is 0 Å². The Morgan fingerprint density at radius 2 is 1.58 bits per heavy atom. The monoisotopic (exact) mass is 471 g/mol. The van der Waals surface area contributed by atoms with Crippen molar-refractivity contribution in [2.45, 2.75) is 26.2 Å². The summed E-state index contributed by atoms with van der Waals surface area (Å²) in [5.74, 6) is 2.18. The number of benzene rings is 2. The lowest BCUT2D eigenvalue weighted by molar-refractivity contribution is 0.463. The van der Waals surface area contributed by atoms with Gasteiger partial charge in [0.1, 0.15) is 11.6 Å². The van der Waals surface area contributed by atoms with Crippen LogP contribution in [0.1, 0.15) is 26.3 Å². The maximum absolute atomic E-state index is 6.06. The molecule has 0 radical (unpaired) electrons. The minimum absolute atomic E-state index is 0.0388. The van der Waals surface area contributed by atoms with E-state index in [0.29, 0.717) is 5.88 Å². The number of hydrogen-bond acceptors (Lipinski definition) is 3. The van der Waals surface area contributed by atoms with Crippen molar-refractivity contribution in [1.29, 1.82) is 0 Å². The third-order valence-corrected chi connectivity index (χ3v) is 5.90. The van der Waals surface area contributed by atoms with Gasteiger partial charge in [0.25, 0.3) is 0 Å². The van der Waals surface area contributed by atoms with Gasteiger partial charge in [0, 0.05) is 39.8 Å². The average Bonchev–Trinajstić information content (AvgIpc) is 3.07. The summed E-state index contributed by atoms with van der Waals surface area (Å²) < 4.78 is 9.19. The summed E-state index contributed by atoms with van der Waals surface area (Å²) in [4.78, 5) is 9.03. The molecule has 0 spiro atoms.